The fraction of sp³-hybridized carbons (Fsp3) is 0.321. The maximum absolute atomic E-state index is 13.4. The minimum absolute atomic E-state index is 0.0567. The molecule has 1 aliphatic heterocycles. The lowest BCUT2D eigenvalue weighted by molar-refractivity contribution is -0.136. The summed E-state index contributed by atoms with van der Waals surface area (Å²) in [6.07, 6.45) is 3.36. The van der Waals surface area contributed by atoms with Crippen molar-refractivity contribution in [2.75, 3.05) is 20.1 Å². The summed E-state index contributed by atoms with van der Waals surface area (Å²) in [4.78, 5) is 17.1. The number of hydrogen-bond acceptors (Lipinski definition) is 3. The van der Waals surface area contributed by atoms with Crippen LogP contribution in [-0.4, -0.2) is 40.4 Å². The number of furan rings is 1. The van der Waals surface area contributed by atoms with Crippen LogP contribution in [0, 0.1) is 11.7 Å². The SMILES string of the molecule is CN(Cc1ccco1)C(=O)C1CCN(Cc2cc3ccccc3n2Cc2ccc(F)cc2)CC1. The number of benzene rings is 2. The van der Waals surface area contributed by atoms with Crippen LogP contribution in [0.5, 0.6) is 0 Å². The molecule has 6 heteroatoms. The van der Waals surface area contributed by atoms with Crippen LogP contribution in [0.3, 0.4) is 0 Å². The molecule has 2 aromatic heterocycles. The van der Waals surface area contributed by atoms with Crippen molar-refractivity contribution >= 4 is 16.8 Å². The molecule has 5 rings (SSSR count). The Labute approximate surface area is 199 Å². The standard InChI is InChI=1S/C28H30FN3O2/c1-30(20-26-6-4-16-34-26)28(33)22-12-14-31(15-13-22)19-25-17-23-5-2-3-7-27(23)32(25)18-21-8-10-24(29)11-9-21/h2-11,16-17,22H,12-15,18-20H2,1H3. The van der Waals surface area contributed by atoms with Gasteiger partial charge < -0.3 is 13.9 Å². The molecule has 34 heavy (non-hydrogen) atoms. The van der Waals surface area contributed by atoms with E-state index < -0.39 is 0 Å². The number of carbonyl (C=O) groups excluding carboxylic acids is 1. The first-order valence-corrected chi connectivity index (χ1v) is 11.9. The molecule has 0 spiro atoms. The minimum Gasteiger partial charge on any atom is -0.467 e. The summed E-state index contributed by atoms with van der Waals surface area (Å²) >= 11 is 0. The third-order valence-corrected chi connectivity index (χ3v) is 6.82. The molecule has 0 atom stereocenters. The largest absolute Gasteiger partial charge is 0.467 e. The molecule has 4 aromatic rings. The van der Waals surface area contributed by atoms with Crippen molar-refractivity contribution in [1.29, 1.82) is 0 Å². The molecule has 3 heterocycles. The van der Waals surface area contributed by atoms with E-state index in [4.69, 9.17) is 4.42 Å². The fourth-order valence-corrected chi connectivity index (χ4v) is 4.95. The van der Waals surface area contributed by atoms with Gasteiger partial charge in [0.05, 0.1) is 12.8 Å². The van der Waals surface area contributed by atoms with Crippen molar-refractivity contribution in [2.45, 2.75) is 32.5 Å². The Kier molecular flexibility index (Phi) is 6.50. The van der Waals surface area contributed by atoms with Crippen LogP contribution >= 0.6 is 0 Å². The highest BCUT2D eigenvalue weighted by Crippen LogP contribution is 2.26. The van der Waals surface area contributed by atoms with Gasteiger partial charge in [-0.25, -0.2) is 4.39 Å². The van der Waals surface area contributed by atoms with Gasteiger partial charge in [-0.05, 0) is 73.3 Å². The van der Waals surface area contributed by atoms with Crippen molar-refractivity contribution < 1.29 is 13.6 Å². The highest BCUT2D eigenvalue weighted by Gasteiger charge is 2.28. The van der Waals surface area contributed by atoms with E-state index in [2.05, 4.69) is 39.8 Å². The highest BCUT2D eigenvalue weighted by atomic mass is 19.1. The van der Waals surface area contributed by atoms with Crippen molar-refractivity contribution in [1.82, 2.24) is 14.4 Å². The van der Waals surface area contributed by atoms with Crippen molar-refractivity contribution in [3.8, 4) is 0 Å². The number of nitrogens with zero attached hydrogens (tertiary/aromatic N) is 3. The van der Waals surface area contributed by atoms with Crippen LogP contribution in [0.25, 0.3) is 10.9 Å². The number of hydrogen-bond donors (Lipinski definition) is 0. The Bertz CT molecular complexity index is 1240. The number of fused-ring (bicyclic) bond motifs is 1. The number of rotatable bonds is 7. The van der Waals surface area contributed by atoms with E-state index in [1.165, 1.54) is 28.7 Å². The average Bonchev–Trinajstić information content (AvgIpc) is 3.48. The zero-order chi connectivity index (χ0) is 23.5. The Hall–Kier alpha value is -3.38. The second-order valence-electron chi connectivity index (χ2n) is 9.23. The summed E-state index contributed by atoms with van der Waals surface area (Å²) in [6, 6.07) is 21.1. The van der Waals surface area contributed by atoms with E-state index in [0.717, 1.165) is 43.8 Å². The molecule has 5 nitrogen and oxygen atoms in total. The van der Waals surface area contributed by atoms with Crippen LogP contribution in [0.2, 0.25) is 0 Å². The van der Waals surface area contributed by atoms with Crippen LogP contribution in [0.15, 0.2) is 77.4 Å². The lowest BCUT2D eigenvalue weighted by Crippen LogP contribution is -2.41. The third-order valence-electron chi connectivity index (χ3n) is 6.82. The molecular weight excluding hydrogens is 429 g/mol. The number of amides is 1. The minimum atomic E-state index is -0.214. The molecule has 0 radical (unpaired) electrons. The molecule has 1 fully saturated rings. The predicted octanol–water partition coefficient (Wildman–Crippen LogP) is 5.29. The first kappa shape index (κ1) is 22.4. The van der Waals surface area contributed by atoms with E-state index in [1.807, 2.05) is 31.3 Å². The number of piperidine rings is 1. The summed E-state index contributed by atoms with van der Waals surface area (Å²) in [5.74, 6) is 0.846. The molecular formula is C28H30FN3O2. The molecule has 0 unspecified atom stereocenters. The van der Waals surface area contributed by atoms with Gasteiger partial charge >= 0.3 is 0 Å². The lowest BCUT2D eigenvalue weighted by atomic mass is 9.95. The molecule has 1 amide bonds. The van der Waals surface area contributed by atoms with Crippen LogP contribution in [0.4, 0.5) is 4.39 Å². The number of likely N-dealkylation sites (tertiary alicyclic amines) is 1. The van der Waals surface area contributed by atoms with E-state index >= 15 is 0 Å². The van der Waals surface area contributed by atoms with Gasteiger partial charge in [0.1, 0.15) is 11.6 Å². The molecule has 1 saturated heterocycles. The van der Waals surface area contributed by atoms with Gasteiger partial charge in [-0.1, -0.05) is 30.3 Å². The molecule has 0 N–H and O–H groups in total. The molecule has 2 aromatic carbocycles. The van der Waals surface area contributed by atoms with Crippen molar-refractivity contribution in [3.63, 3.8) is 0 Å². The molecule has 1 aliphatic rings. The monoisotopic (exact) mass is 459 g/mol. The quantitative estimate of drug-likeness (QED) is 0.377. The summed E-state index contributed by atoms with van der Waals surface area (Å²) in [7, 11) is 1.85. The fourth-order valence-electron chi connectivity index (χ4n) is 4.95. The smallest absolute Gasteiger partial charge is 0.225 e. The number of carbonyl (C=O) groups is 1. The number of halogens is 1. The van der Waals surface area contributed by atoms with E-state index in [1.54, 1.807) is 11.2 Å². The maximum atomic E-state index is 13.4. The first-order chi connectivity index (χ1) is 16.6. The van der Waals surface area contributed by atoms with Gasteiger partial charge in [0, 0.05) is 37.3 Å². The van der Waals surface area contributed by atoms with Crippen LogP contribution in [-0.2, 0) is 24.4 Å². The summed E-state index contributed by atoms with van der Waals surface area (Å²) in [5, 5.41) is 1.21. The van der Waals surface area contributed by atoms with Gasteiger partial charge in [0.15, 0.2) is 0 Å². The second kappa shape index (κ2) is 9.85. The zero-order valence-electron chi connectivity index (χ0n) is 19.5. The zero-order valence-corrected chi connectivity index (χ0v) is 19.5. The Balaban J connectivity index is 1.25. The normalized spacial score (nSPS) is 15.1. The summed E-state index contributed by atoms with van der Waals surface area (Å²) < 4.78 is 21.1. The Morgan fingerprint density at radius 1 is 1.03 bits per heavy atom. The number of aromatic nitrogens is 1. The summed E-state index contributed by atoms with van der Waals surface area (Å²) in [5.41, 5.74) is 3.50. The topological polar surface area (TPSA) is 41.6 Å². The van der Waals surface area contributed by atoms with Crippen LogP contribution < -0.4 is 0 Å². The Morgan fingerprint density at radius 2 is 1.79 bits per heavy atom. The van der Waals surface area contributed by atoms with Gasteiger partial charge in [0.2, 0.25) is 5.91 Å². The number of para-hydroxylation sites is 1. The lowest BCUT2D eigenvalue weighted by Gasteiger charge is -2.33. The highest BCUT2D eigenvalue weighted by molar-refractivity contribution is 5.81. The summed E-state index contributed by atoms with van der Waals surface area (Å²) in [6.45, 7) is 3.83. The molecule has 0 bridgehead atoms. The van der Waals surface area contributed by atoms with Gasteiger partial charge in [0.25, 0.3) is 0 Å². The van der Waals surface area contributed by atoms with Crippen molar-refractivity contribution in [2.24, 2.45) is 5.92 Å². The van der Waals surface area contributed by atoms with E-state index in [9.17, 15) is 9.18 Å². The first-order valence-electron chi connectivity index (χ1n) is 11.9. The molecule has 0 aliphatic carbocycles. The molecule has 0 saturated carbocycles. The second-order valence-corrected chi connectivity index (χ2v) is 9.23. The van der Waals surface area contributed by atoms with E-state index in [0.29, 0.717) is 13.1 Å². The third kappa shape index (κ3) is 4.92. The van der Waals surface area contributed by atoms with Crippen LogP contribution in [0.1, 0.15) is 29.9 Å². The predicted molar refractivity (Wildman–Crippen MR) is 131 cm³/mol. The van der Waals surface area contributed by atoms with Crippen molar-refractivity contribution in [3.05, 3.63) is 95.8 Å². The maximum Gasteiger partial charge on any atom is 0.225 e. The van der Waals surface area contributed by atoms with Gasteiger partial charge in [-0.3, -0.25) is 9.69 Å². The van der Waals surface area contributed by atoms with Gasteiger partial charge in [-0.15, -0.1) is 0 Å². The Morgan fingerprint density at radius 3 is 2.53 bits per heavy atom. The average molecular weight is 460 g/mol. The van der Waals surface area contributed by atoms with E-state index in [-0.39, 0.29) is 17.6 Å². The van der Waals surface area contributed by atoms with Gasteiger partial charge in [-0.2, -0.15) is 0 Å². The molecule has 176 valence electrons.